The molecular weight excluding hydrogens is 186 g/mol. The summed E-state index contributed by atoms with van der Waals surface area (Å²) in [6, 6.07) is 0.139. The Balaban J connectivity index is 2.65. The monoisotopic (exact) mass is 209 g/mol. The summed E-state index contributed by atoms with van der Waals surface area (Å²) in [7, 11) is 0. The van der Waals surface area contributed by atoms with Crippen LogP contribution in [0.25, 0.3) is 0 Å². The third kappa shape index (κ3) is 3.10. The maximum atomic E-state index is 5.99. The van der Waals surface area contributed by atoms with Crippen molar-refractivity contribution in [1.82, 2.24) is 0 Å². The van der Waals surface area contributed by atoms with Gasteiger partial charge in [-0.05, 0) is 37.3 Å². The normalized spacial score (nSPS) is 23.8. The van der Waals surface area contributed by atoms with E-state index in [2.05, 4.69) is 33.8 Å². The molecule has 0 saturated carbocycles. The molecule has 0 spiro atoms. The topological polar surface area (TPSA) is 35.2 Å². The second-order valence-corrected chi connectivity index (χ2v) is 4.57. The molecule has 0 aromatic carbocycles. The van der Waals surface area contributed by atoms with Crippen LogP contribution >= 0.6 is 0 Å². The molecule has 0 saturated heterocycles. The van der Waals surface area contributed by atoms with Crippen molar-refractivity contribution in [3.63, 3.8) is 0 Å². The van der Waals surface area contributed by atoms with E-state index in [0.717, 1.165) is 25.2 Å². The zero-order chi connectivity index (χ0) is 11.4. The number of hydrogen-bond donors (Lipinski definition) is 1. The van der Waals surface area contributed by atoms with Crippen LogP contribution in [0.3, 0.4) is 0 Å². The molecule has 0 aromatic rings. The van der Waals surface area contributed by atoms with Gasteiger partial charge in [0.15, 0.2) is 0 Å². The number of hydrogen-bond acceptors (Lipinski definition) is 2. The third-order valence-corrected chi connectivity index (χ3v) is 3.16. The van der Waals surface area contributed by atoms with Gasteiger partial charge < -0.3 is 10.5 Å². The van der Waals surface area contributed by atoms with E-state index < -0.39 is 0 Å². The van der Waals surface area contributed by atoms with E-state index in [9.17, 15) is 0 Å². The predicted octanol–water partition coefficient (Wildman–Crippen LogP) is 3.00. The summed E-state index contributed by atoms with van der Waals surface area (Å²) >= 11 is 0. The van der Waals surface area contributed by atoms with Crippen molar-refractivity contribution in [2.24, 2.45) is 11.7 Å². The molecule has 2 unspecified atom stereocenters. The van der Waals surface area contributed by atoms with E-state index in [1.54, 1.807) is 0 Å². The lowest BCUT2D eigenvalue weighted by molar-refractivity contribution is 0.171. The molecule has 0 radical (unpaired) electrons. The molecular formula is C13H23NO. The van der Waals surface area contributed by atoms with Crippen LogP contribution in [0.4, 0.5) is 0 Å². The highest BCUT2D eigenvalue weighted by molar-refractivity contribution is 5.35. The lowest BCUT2D eigenvalue weighted by atomic mass is 9.95. The molecule has 0 amide bonds. The maximum Gasteiger partial charge on any atom is 0.122 e. The molecule has 0 heterocycles. The molecule has 0 aromatic heterocycles. The summed E-state index contributed by atoms with van der Waals surface area (Å²) < 4.78 is 5.86. The molecule has 15 heavy (non-hydrogen) atoms. The fourth-order valence-corrected chi connectivity index (χ4v) is 1.62. The molecule has 0 bridgehead atoms. The first-order valence-corrected chi connectivity index (χ1v) is 5.82. The first-order valence-electron chi connectivity index (χ1n) is 5.82. The van der Waals surface area contributed by atoms with Gasteiger partial charge in [-0.25, -0.2) is 0 Å². The third-order valence-electron chi connectivity index (χ3n) is 3.16. The SMILES string of the molecule is CCC(C)COC1=C(C)C(N)CC=C1C. The summed E-state index contributed by atoms with van der Waals surface area (Å²) in [5.74, 6) is 1.63. The van der Waals surface area contributed by atoms with Gasteiger partial charge in [-0.1, -0.05) is 26.3 Å². The zero-order valence-electron chi connectivity index (χ0n) is 10.3. The van der Waals surface area contributed by atoms with Crippen molar-refractivity contribution in [2.45, 2.75) is 46.6 Å². The molecule has 2 heteroatoms. The number of rotatable bonds is 4. The van der Waals surface area contributed by atoms with Gasteiger partial charge in [-0.2, -0.15) is 0 Å². The van der Waals surface area contributed by atoms with Crippen LogP contribution in [-0.4, -0.2) is 12.6 Å². The molecule has 0 aliphatic heterocycles. The molecule has 2 atom stereocenters. The molecule has 86 valence electrons. The molecule has 2 N–H and O–H groups in total. The first kappa shape index (κ1) is 12.3. The van der Waals surface area contributed by atoms with Crippen molar-refractivity contribution >= 4 is 0 Å². The summed E-state index contributed by atoms with van der Waals surface area (Å²) in [6.07, 6.45) is 4.26. The van der Waals surface area contributed by atoms with Gasteiger partial charge in [0, 0.05) is 6.04 Å². The minimum absolute atomic E-state index is 0.139. The Labute approximate surface area is 93.2 Å². The van der Waals surface area contributed by atoms with E-state index in [0.29, 0.717) is 5.92 Å². The summed E-state index contributed by atoms with van der Waals surface area (Å²) in [5, 5.41) is 0. The van der Waals surface area contributed by atoms with Crippen molar-refractivity contribution in [3.8, 4) is 0 Å². The molecule has 2 nitrogen and oxygen atoms in total. The lowest BCUT2D eigenvalue weighted by Crippen LogP contribution is -2.25. The van der Waals surface area contributed by atoms with Crippen LogP contribution in [0.2, 0.25) is 0 Å². The van der Waals surface area contributed by atoms with Crippen LogP contribution < -0.4 is 5.73 Å². The average molecular weight is 209 g/mol. The first-order chi connectivity index (χ1) is 7.06. The molecule has 1 rings (SSSR count). The lowest BCUT2D eigenvalue weighted by Gasteiger charge is -2.24. The van der Waals surface area contributed by atoms with Crippen LogP contribution in [0.5, 0.6) is 0 Å². The van der Waals surface area contributed by atoms with Gasteiger partial charge in [0.2, 0.25) is 0 Å². The van der Waals surface area contributed by atoms with Crippen molar-refractivity contribution in [1.29, 1.82) is 0 Å². The van der Waals surface area contributed by atoms with Gasteiger partial charge in [0.25, 0.3) is 0 Å². The number of ether oxygens (including phenoxy) is 1. The van der Waals surface area contributed by atoms with E-state index in [1.165, 1.54) is 11.1 Å². The highest BCUT2D eigenvalue weighted by Gasteiger charge is 2.17. The van der Waals surface area contributed by atoms with Crippen molar-refractivity contribution < 1.29 is 4.74 Å². The predicted molar refractivity (Wildman–Crippen MR) is 64.5 cm³/mol. The Morgan fingerprint density at radius 2 is 2.20 bits per heavy atom. The summed E-state index contributed by atoms with van der Waals surface area (Å²) in [6.45, 7) is 9.36. The second-order valence-electron chi connectivity index (χ2n) is 4.57. The average Bonchev–Trinajstić information content (AvgIpc) is 2.23. The Hall–Kier alpha value is -0.760. The maximum absolute atomic E-state index is 5.99. The van der Waals surface area contributed by atoms with Gasteiger partial charge in [0.1, 0.15) is 5.76 Å². The smallest absolute Gasteiger partial charge is 0.122 e. The number of allylic oxidation sites excluding steroid dienone is 1. The summed E-state index contributed by atoms with van der Waals surface area (Å²) in [5.41, 5.74) is 8.41. The Kier molecular flexibility index (Phi) is 4.40. The van der Waals surface area contributed by atoms with Gasteiger partial charge in [0.05, 0.1) is 6.61 Å². The quantitative estimate of drug-likeness (QED) is 0.772. The highest BCUT2D eigenvalue weighted by Crippen LogP contribution is 2.25. The fraction of sp³-hybridized carbons (Fsp3) is 0.692. The summed E-state index contributed by atoms with van der Waals surface area (Å²) in [4.78, 5) is 0. The Bertz CT molecular complexity index is 278. The zero-order valence-corrected chi connectivity index (χ0v) is 10.3. The Morgan fingerprint density at radius 3 is 2.80 bits per heavy atom. The van der Waals surface area contributed by atoms with Gasteiger partial charge >= 0.3 is 0 Å². The van der Waals surface area contributed by atoms with E-state index in [-0.39, 0.29) is 6.04 Å². The van der Waals surface area contributed by atoms with Crippen LogP contribution in [0.15, 0.2) is 23.0 Å². The van der Waals surface area contributed by atoms with Crippen molar-refractivity contribution in [2.75, 3.05) is 6.61 Å². The van der Waals surface area contributed by atoms with Gasteiger partial charge in [-0.3, -0.25) is 0 Å². The minimum Gasteiger partial charge on any atom is -0.493 e. The fourth-order valence-electron chi connectivity index (χ4n) is 1.62. The molecule has 1 aliphatic carbocycles. The second kappa shape index (κ2) is 5.36. The Morgan fingerprint density at radius 1 is 1.53 bits per heavy atom. The van der Waals surface area contributed by atoms with Crippen LogP contribution in [-0.2, 0) is 4.74 Å². The largest absolute Gasteiger partial charge is 0.493 e. The van der Waals surface area contributed by atoms with Crippen LogP contribution in [0, 0.1) is 5.92 Å². The van der Waals surface area contributed by atoms with E-state index in [1.807, 2.05) is 0 Å². The standard InChI is InChI=1S/C13H23NO/c1-5-9(2)8-15-13-10(3)6-7-12(14)11(13)4/h6,9,12H,5,7-8,14H2,1-4H3. The molecule has 1 aliphatic rings. The van der Waals surface area contributed by atoms with E-state index >= 15 is 0 Å². The minimum atomic E-state index is 0.139. The van der Waals surface area contributed by atoms with Gasteiger partial charge in [-0.15, -0.1) is 0 Å². The molecule has 0 fully saturated rings. The number of nitrogens with two attached hydrogens (primary N) is 1. The van der Waals surface area contributed by atoms with Crippen molar-refractivity contribution in [3.05, 3.63) is 23.0 Å². The highest BCUT2D eigenvalue weighted by atomic mass is 16.5. The van der Waals surface area contributed by atoms with E-state index in [4.69, 9.17) is 10.5 Å². The van der Waals surface area contributed by atoms with Crippen LogP contribution in [0.1, 0.15) is 40.5 Å².